The largest absolute Gasteiger partial charge is 0.326 e. The Labute approximate surface area is 117 Å². The molecule has 0 aromatic heterocycles. The van der Waals surface area contributed by atoms with Crippen LogP contribution in [0, 0.1) is 12.3 Å². The summed E-state index contributed by atoms with van der Waals surface area (Å²) in [6, 6.07) is 5.81. The van der Waals surface area contributed by atoms with Gasteiger partial charge in [0.2, 0.25) is 5.91 Å². The average molecular weight is 313 g/mol. The predicted octanol–water partition coefficient (Wildman–Crippen LogP) is 3.46. The lowest BCUT2D eigenvalue weighted by Crippen LogP contribution is -2.53. The highest BCUT2D eigenvalue weighted by molar-refractivity contribution is 9.10. The van der Waals surface area contributed by atoms with Crippen LogP contribution in [0.4, 0.5) is 5.69 Å². The van der Waals surface area contributed by atoms with Crippen molar-refractivity contribution < 1.29 is 4.79 Å². The summed E-state index contributed by atoms with van der Waals surface area (Å²) in [4.78, 5) is 12.3. The van der Waals surface area contributed by atoms with Crippen molar-refractivity contribution in [2.45, 2.75) is 40.2 Å². The molecule has 1 aromatic rings. The molecular formula is C14H21BrN2O. The van der Waals surface area contributed by atoms with Gasteiger partial charge in [0.05, 0.1) is 5.41 Å². The number of carbonyl (C=O) groups is 1. The van der Waals surface area contributed by atoms with Crippen LogP contribution in [0.15, 0.2) is 22.7 Å². The molecule has 0 fully saturated rings. The van der Waals surface area contributed by atoms with Gasteiger partial charge < -0.3 is 11.1 Å². The lowest BCUT2D eigenvalue weighted by Gasteiger charge is -2.36. The van der Waals surface area contributed by atoms with Crippen LogP contribution in [0.5, 0.6) is 0 Å². The lowest BCUT2D eigenvalue weighted by atomic mass is 9.74. The van der Waals surface area contributed by atoms with Crippen molar-refractivity contribution in [2.75, 3.05) is 5.32 Å². The molecule has 0 unspecified atom stereocenters. The quantitative estimate of drug-likeness (QED) is 0.898. The number of carbonyl (C=O) groups excluding carboxylic acids is 1. The topological polar surface area (TPSA) is 55.1 Å². The molecule has 0 aliphatic heterocycles. The van der Waals surface area contributed by atoms with E-state index in [1.54, 1.807) is 0 Å². The summed E-state index contributed by atoms with van der Waals surface area (Å²) in [5.41, 5.74) is 6.69. The molecule has 0 spiro atoms. The molecule has 1 rings (SSSR count). The molecule has 100 valence electrons. The number of rotatable bonds is 3. The molecule has 0 aliphatic rings. The number of hydrogen-bond acceptors (Lipinski definition) is 2. The van der Waals surface area contributed by atoms with E-state index >= 15 is 0 Å². The van der Waals surface area contributed by atoms with Crippen molar-refractivity contribution in [3.05, 3.63) is 28.2 Å². The smallest absolute Gasteiger partial charge is 0.231 e. The SMILES string of the molecule is Cc1cc(Br)cc(NC(=O)C(C)(C)C(C)(C)N)c1. The third-order valence-corrected chi connectivity index (χ3v) is 3.94. The van der Waals surface area contributed by atoms with E-state index in [4.69, 9.17) is 5.73 Å². The molecule has 0 saturated heterocycles. The van der Waals surface area contributed by atoms with Crippen molar-refractivity contribution >= 4 is 27.5 Å². The summed E-state index contributed by atoms with van der Waals surface area (Å²) in [5, 5.41) is 2.92. The Hall–Kier alpha value is -0.870. The number of benzene rings is 1. The lowest BCUT2D eigenvalue weighted by molar-refractivity contribution is -0.126. The van der Waals surface area contributed by atoms with Gasteiger partial charge in [0.1, 0.15) is 0 Å². The van der Waals surface area contributed by atoms with Crippen LogP contribution in [-0.2, 0) is 4.79 Å². The third-order valence-electron chi connectivity index (χ3n) is 3.48. The molecule has 0 bridgehead atoms. The normalized spacial score (nSPS) is 12.4. The number of halogens is 1. The molecular weight excluding hydrogens is 292 g/mol. The highest BCUT2D eigenvalue weighted by Gasteiger charge is 2.40. The molecule has 1 amide bonds. The Morgan fingerprint density at radius 1 is 1.22 bits per heavy atom. The van der Waals surface area contributed by atoms with E-state index in [0.29, 0.717) is 0 Å². The Morgan fingerprint density at radius 2 is 1.78 bits per heavy atom. The first-order valence-electron chi connectivity index (χ1n) is 5.91. The summed E-state index contributed by atoms with van der Waals surface area (Å²) in [7, 11) is 0. The van der Waals surface area contributed by atoms with Crippen LogP contribution in [0.2, 0.25) is 0 Å². The molecule has 3 N–H and O–H groups in total. The molecule has 3 nitrogen and oxygen atoms in total. The first-order chi connectivity index (χ1) is 8.04. The van der Waals surface area contributed by atoms with Gasteiger partial charge in [-0.3, -0.25) is 4.79 Å². The van der Waals surface area contributed by atoms with Crippen LogP contribution in [-0.4, -0.2) is 11.4 Å². The average Bonchev–Trinajstić information content (AvgIpc) is 2.13. The molecule has 0 heterocycles. The number of nitrogens with two attached hydrogens (primary N) is 1. The maximum Gasteiger partial charge on any atom is 0.231 e. The van der Waals surface area contributed by atoms with Crippen molar-refractivity contribution in [2.24, 2.45) is 11.1 Å². The first kappa shape index (κ1) is 15.2. The second-order valence-electron chi connectivity index (χ2n) is 5.82. The van der Waals surface area contributed by atoms with Gasteiger partial charge in [0.25, 0.3) is 0 Å². The van der Waals surface area contributed by atoms with Gasteiger partial charge in [-0.2, -0.15) is 0 Å². The summed E-state index contributed by atoms with van der Waals surface area (Å²) < 4.78 is 0.947. The molecule has 0 radical (unpaired) electrons. The third kappa shape index (κ3) is 3.33. The van der Waals surface area contributed by atoms with E-state index < -0.39 is 11.0 Å². The van der Waals surface area contributed by atoms with Crippen LogP contribution in [0.25, 0.3) is 0 Å². The van der Waals surface area contributed by atoms with Crippen molar-refractivity contribution in [3.8, 4) is 0 Å². The summed E-state index contributed by atoms with van der Waals surface area (Å²) >= 11 is 3.42. The molecule has 18 heavy (non-hydrogen) atoms. The number of amides is 1. The molecule has 0 atom stereocenters. The number of hydrogen-bond donors (Lipinski definition) is 2. The van der Waals surface area contributed by atoms with Gasteiger partial charge >= 0.3 is 0 Å². The van der Waals surface area contributed by atoms with Gasteiger partial charge in [-0.05, 0) is 58.4 Å². The monoisotopic (exact) mass is 312 g/mol. The highest BCUT2D eigenvalue weighted by atomic mass is 79.9. The van der Waals surface area contributed by atoms with E-state index in [9.17, 15) is 4.79 Å². The first-order valence-corrected chi connectivity index (χ1v) is 6.71. The molecule has 0 saturated carbocycles. The molecule has 4 heteroatoms. The summed E-state index contributed by atoms with van der Waals surface area (Å²) in [5.74, 6) is -0.0764. The zero-order chi connectivity index (χ0) is 14.1. The van der Waals surface area contributed by atoms with Gasteiger partial charge in [-0.1, -0.05) is 15.9 Å². The van der Waals surface area contributed by atoms with Crippen LogP contribution < -0.4 is 11.1 Å². The van der Waals surface area contributed by atoms with E-state index in [2.05, 4.69) is 21.2 Å². The maximum absolute atomic E-state index is 12.3. The van der Waals surface area contributed by atoms with E-state index in [-0.39, 0.29) is 5.91 Å². The molecule has 1 aromatic carbocycles. The number of aryl methyl sites for hydroxylation is 1. The second-order valence-corrected chi connectivity index (χ2v) is 6.73. The summed E-state index contributed by atoms with van der Waals surface area (Å²) in [6.07, 6.45) is 0. The zero-order valence-corrected chi connectivity index (χ0v) is 13.2. The minimum atomic E-state index is -0.650. The fraction of sp³-hybridized carbons (Fsp3) is 0.500. The standard InChI is InChI=1S/C14H21BrN2O/c1-9-6-10(15)8-11(7-9)17-12(18)13(2,3)14(4,5)16/h6-8H,16H2,1-5H3,(H,17,18). The maximum atomic E-state index is 12.3. The van der Waals surface area contributed by atoms with Crippen molar-refractivity contribution in [1.82, 2.24) is 0 Å². The highest BCUT2D eigenvalue weighted by Crippen LogP contribution is 2.30. The minimum Gasteiger partial charge on any atom is -0.326 e. The predicted molar refractivity (Wildman–Crippen MR) is 79.6 cm³/mol. The Balaban J connectivity index is 2.95. The second kappa shape index (κ2) is 5.02. The Morgan fingerprint density at radius 3 is 2.22 bits per heavy atom. The fourth-order valence-corrected chi connectivity index (χ4v) is 2.00. The van der Waals surface area contributed by atoms with Crippen LogP contribution >= 0.6 is 15.9 Å². The van der Waals surface area contributed by atoms with Crippen molar-refractivity contribution in [3.63, 3.8) is 0 Å². The van der Waals surface area contributed by atoms with E-state index in [1.165, 1.54) is 0 Å². The van der Waals surface area contributed by atoms with Crippen LogP contribution in [0.1, 0.15) is 33.3 Å². The van der Waals surface area contributed by atoms with E-state index in [1.807, 2.05) is 52.8 Å². The number of nitrogens with one attached hydrogen (secondary N) is 1. The number of anilines is 1. The van der Waals surface area contributed by atoms with Crippen LogP contribution in [0.3, 0.4) is 0 Å². The van der Waals surface area contributed by atoms with E-state index in [0.717, 1.165) is 15.7 Å². The molecule has 0 aliphatic carbocycles. The van der Waals surface area contributed by atoms with Gasteiger partial charge in [-0.25, -0.2) is 0 Å². The van der Waals surface area contributed by atoms with Gasteiger partial charge in [0.15, 0.2) is 0 Å². The van der Waals surface area contributed by atoms with Crippen molar-refractivity contribution in [1.29, 1.82) is 0 Å². The Bertz CT molecular complexity index is 441. The van der Waals surface area contributed by atoms with Gasteiger partial charge in [-0.15, -0.1) is 0 Å². The van der Waals surface area contributed by atoms with Gasteiger partial charge in [0, 0.05) is 15.7 Å². The fourth-order valence-electron chi connectivity index (χ4n) is 1.39. The minimum absolute atomic E-state index is 0.0764. The zero-order valence-electron chi connectivity index (χ0n) is 11.6. The Kier molecular flexibility index (Phi) is 4.23. The summed E-state index contributed by atoms with van der Waals surface area (Å²) in [6.45, 7) is 9.41.